The largest absolute Gasteiger partial charge is 0.386 e. The molecular formula is C15H26O. The predicted molar refractivity (Wildman–Crippen MR) is 72.5 cm³/mol. The molecule has 1 nitrogen and oxygen atoms in total. The highest BCUT2D eigenvalue weighted by molar-refractivity contribution is 5.10. The van der Waals surface area contributed by atoms with Crippen LogP contribution in [0.5, 0.6) is 0 Å². The van der Waals surface area contributed by atoms with Gasteiger partial charge >= 0.3 is 0 Å². The Kier molecular flexibility index (Phi) is 7.92. The van der Waals surface area contributed by atoms with Crippen LogP contribution in [0.4, 0.5) is 0 Å². The molecule has 0 aromatic carbocycles. The summed E-state index contributed by atoms with van der Waals surface area (Å²) >= 11 is 0. The van der Waals surface area contributed by atoms with Crippen molar-refractivity contribution in [1.29, 1.82) is 0 Å². The lowest BCUT2D eigenvalue weighted by Crippen LogP contribution is -2.19. The fraction of sp³-hybridized carbons (Fsp3) is 0.600. The first kappa shape index (κ1) is 15.2. The van der Waals surface area contributed by atoms with Gasteiger partial charge in [0.2, 0.25) is 0 Å². The second-order valence-corrected chi connectivity index (χ2v) is 4.64. The van der Waals surface area contributed by atoms with Crippen molar-refractivity contribution in [2.75, 3.05) is 0 Å². The molecule has 0 aliphatic carbocycles. The molecule has 0 saturated carbocycles. The zero-order chi connectivity index (χ0) is 12.4. The molecule has 0 radical (unpaired) electrons. The summed E-state index contributed by atoms with van der Waals surface area (Å²) in [6.07, 6.45) is 15.2. The second kappa shape index (κ2) is 8.35. The minimum atomic E-state index is -0.671. The summed E-state index contributed by atoms with van der Waals surface area (Å²) in [5, 5.41) is 9.69. The van der Waals surface area contributed by atoms with Crippen LogP contribution in [0.1, 0.15) is 53.4 Å². The van der Waals surface area contributed by atoms with E-state index in [2.05, 4.69) is 30.4 Å². The van der Waals surface area contributed by atoms with Crippen LogP contribution < -0.4 is 0 Å². The molecule has 16 heavy (non-hydrogen) atoms. The van der Waals surface area contributed by atoms with Crippen molar-refractivity contribution in [3.05, 3.63) is 36.0 Å². The lowest BCUT2D eigenvalue weighted by molar-refractivity contribution is 0.119. The molecule has 92 valence electrons. The highest BCUT2D eigenvalue weighted by Crippen LogP contribution is 2.15. The molecule has 0 spiro atoms. The Hall–Kier alpha value is -0.820. The average Bonchev–Trinajstić information content (AvgIpc) is 2.20. The van der Waals surface area contributed by atoms with Crippen LogP contribution in [-0.2, 0) is 0 Å². The highest BCUT2D eigenvalue weighted by Gasteiger charge is 2.13. The van der Waals surface area contributed by atoms with Gasteiger partial charge in [0.15, 0.2) is 0 Å². The molecule has 0 saturated heterocycles. The molecule has 0 aromatic heterocycles. The van der Waals surface area contributed by atoms with Gasteiger partial charge in [-0.1, -0.05) is 30.4 Å². The fourth-order valence-corrected chi connectivity index (χ4v) is 1.24. The molecule has 1 heteroatoms. The van der Waals surface area contributed by atoms with Crippen LogP contribution >= 0.6 is 0 Å². The smallest absolute Gasteiger partial charge is 0.0798 e. The molecule has 0 aliphatic heterocycles. The maximum absolute atomic E-state index is 9.69. The van der Waals surface area contributed by atoms with E-state index in [4.69, 9.17) is 0 Å². The van der Waals surface area contributed by atoms with Crippen molar-refractivity contribution in [2.45, 2.75) is 59.0 Å². The van der Waals surface area contributed by atoms with Gasteiger partial charge in [-0.05, 0) is 59.0 Å². The van der Waals surface area contributed by atoms with E-state index in [-0.39, 0.29) is 0 Å². The van der Waals surface area contributed by atoms with Gasteiger partial charge in [0, 0.05) is 0 Å². The Morgan fingerprint density at radius 1 is 1.00 bits per heavy atom. The van der Waals surface area contributed by atoms with Gasteiger partial charge in [0.1, 0.15) is 0 Å². The molecule has 0 heterocycles. The fourth-order valence-electron chi connectivity index (χ4n) is 1.24. The molecule has 1 N–H and O–H groups in total. The van der Waals surface area contributed by atoms with Crippen molar-refractivity contribution in [3.63, 3.8) is 0 Å². The Bertz CT molecular complexity index is 251. The van der Waals surface area contributed by atoms with Crippen LogP contribution in [0.25, 0.3) is 0 Å². The lowest BCUT2D eigenvalue weighted by Gasteiger charge is -2.17. The zero-order valence-corrected chi connectivity index (χ0v) is 11.2. The summed E-state index contributed by atoms with van der Waals surface area (Å²) in [4.78, 5) is 0. The third-order valence-electron chi connectivity index (χ3n) is 2.65. The minimum Gasteiger partial charge on any atom is -0.386 e. The topological polar surface area (TPSA) is 20.2 Å². The van der Waals surface area contributed by atoms with E-state index < -0.39 is 5.60 Å². The first-order chi connectivity index (χ1) is 7.48. The van der Waals surface area contributed by atoms with E-state index in [1.807, 2.05) is 27.7 Å². The molecule has 0 aliphatic rings. The predicted octanol–water partition coefficient (Wildman–Crippen LogP) is 4.40. The van der Waals surface area contributed by atoms with Gasteiger partial charge in [0.05, 0.1) is 5.60 Å². The molecule has 0 atom stereocenters. The summed E-state index contributed by atoms with van der Waals surface area (Å²) in [5.41, 5.74) is 0.380. The molecule has 0 amide bonds. The summed E-state index contributed by atoms with van der Waals surface area (Å²) in [5.74, 6) is 0. The van der Waals surface area contributed by atoms with Crippen LogP contribution in [0, 0.1) is 0 Å². The number of unbranched alkanes of at least 4 members (excludes halogenated alkanes) is 2. The Labute approximate surface area is 101 Å². The van der Waals surface area contributed by atoms with E-state index >= 15 is 0 Å². The van der Waals surface area contributed by atoms with Crippen molar-refractivity contribution in [2.24, 2.45) is 0 Å². The third kappa shape index (κ3) is 8.49. The van der Waals surface area contributed by atoms with E-state index in [0.29, 0.717) is 0 Å². The van der Waals surface area contributed by atoms with Gasteiger partial charge in [-0.3, -0.25) is 0 Å². The van der Waals surface area contributed by atoms with Crippen molar-refractivity contribution >= 4 is 0 Å². The van der Waals surface area contributed by atoms with Crippen molar-refractivity contribution in [1.82, 2.24) is 0 Å². The van der Waals surface area contributed by atoms with E-state index in [0.717, 1.165) is 31.3 Å². The summed E-state index contributed by atoms with van der Waals surface area (Å²) < 4.78 is 0. The normalized spacial score (nSPS) is 14.2. The minimum absolute atomic E-state index is 0.671. The van der Waals surface area contributed by atoms with Crippen LogP contribution in [-0.4, -0.2) is 10.7 Å². The van der Waals surface area contributed by atoms with Crippen LogP contribution in [0.15, 0.2) is 36.0 Å². The van der Waals surface area contributed by atoms with Crippen molar-refractivity contribution in [3.8, 4) is 0 Å². The standard InChI is InChI=1S/C15H26O/c1-5-6-7-8-9-10-11-12-13-14(2)15(3,4)16/h5-6,9-10,13,16H,7-8,11-12H2,1-4H3/b6-5+,10-9+,14-13+. The summed E-state index contributed by atoms with van der Waals surface area (Å²) in [6, 6.07) is 0. The van der Waals surface area contributed by atoms with E-state index in [9.17, 15) is 5.11 Å². The summed E-state index contributed by atoms with van der Waals surface area (Å²) in [7, 11) is 0. The van der Waals surface area contributed by atoms with Gasteiger partial charge in [-0.25, -0.2) is 0 Å². The molecule has 0 rings (SSSR count). The van der Waals surface area contributed by atoms with Crippen molar-refractivity contribution < 1.29 is 5.11 Å². The Balaban J connectivity index is 3.67. The van der Waals surface area contributed by atoms with Gasteiger partial charge in [-0.2, -0.15) is 0 Å². The number of rotatable bonds is 7. The number of aliphatic hydroxyl groups is 1. The number of hydrogen-bond acceptors (Lipinski definition) is 1. The average molecular weight is 222 g/mol. The maximum atomic E-state index is 9.69. The zero-order valence-electron chi connectivity index (χ0n) is 11.2. The second-order valence-electron chi connectivity index (χ2n) is 4.64. The monoisotopic (exact) mass is 222 g/mol. The molecule has 0 aromatic rings. The highest BCUT2D eigenvalue weighted by atomic mass is 16.3. The lowest BCUT2D eigenvalue weighted by atomic mass is 9.98. The Morgan fingerprint density at radius 3 is 2.00 bits per heavy atom. The maximum Gasteiger partial charge on any atom is 0.0798 e. The summed E-state index contributed by atoms with van der Waals surface area (Å²) in [6.45, 7) is 7.68. The van der Waals surface area contributed by atoms with E-state index in [1.165, 1.54) is 0 Å². The quantitative estimate of drug-likeness (QED) is 0.500. The molecular weight excluding hydrogens is 196 g/mol. The molecule has 0 fully saturated rings. The Morgan fingerprint density at radius 2 is 1.50 bits per heavy atom. The molecule has 0 bridgehead atoms. The van der Waals surface area contributed by atoms with Crippen LogP contribution in [0.2, 0.25) is 0 Å². The SMILES string of the molecule is C/C=C/CC/C=C/CC/C=C(\C)C(C)(C)O. The third-order valence-corrected chi connectivity index (χ3v) is 2.65. The van der Waals surface area contributed by atoms with Gasteiger partial charge in [0.25, 0.3) is 0 Å². The molecule has 0 unspecified atom stereocenters. The van der Waals surface area contributed by atoms with E-state index in [1.54, 1.807) is 0 Å². The van der Waals surface area contributed by atoms with Gasteiger partial charge < -0.3 is 5.11 Å². The first-order valence-corrected chi connectivity index (χ1v) is 6.14. The van der Waals surface area contributed by atoms with Crippen LogP contribution in [0.3, 0.4) is 0 Å². The number of allylic oxidation sites excluding steroid dienone is 5. The van der Waals surface area contributed by atoms with Gasteiger partial charge in [-0.15, -0.1) is 0 Å². The first-order valence-electron chi connectivity index (χ1n) is 6.14. The number of hydrogen-bond donors (Lipinski definition) is 1.